The van der Waals surface area contributed by atoms with Crippen LogP contribution in [0.25, 0.3) is 0 Å². The standard InChI is InChI=1S/C10H20B2N2/c11-13-8-4-1-2-6-10-7-3-5-9-14(10)12/h10,13H,1-9H2. The number of hydrogen-bond donors (Lipinski definition) is 1. The third-order valence-electron chi connectivity index (χ3n) is 3.03. The zero-order valence-electron chi connectivity index (χ0n) is 9.04. The Labute approximate surface area is 90.7 Å². The van der Waals surface area contributed by atoms with Crippen LogP contribution in [0, 0.1) is 0 Å². The number of hydrogen-bond acceptors (Lipinski definition) is 2. The molecule has 1 aliphatic rings. The SMILES string of the molecule is [B]NCCCCCC1CCCCN1[B]. The maximum Gasteiger partial charge on any atom is 0.182 e. The van der Waals surface area contributed by atoms with Crippen molar-refractivity contribution in [2.45, 2.75) is 51.0 Å². The molecule has 1 rings (SSSR count). The minimum Gasteiger partial charge on any atom is -0.366 e. The van der Waals surface area contributed by atoms with Crippen molar-refractivity contribution in [3.8, 4) is 0 Å². The van der Waals surface area contributed by atoms with Crippen LogP contribution in [-0.2, 0) is 0 Å². The predicted molar refractivity (Wildman–Crippen MR) is 62.3 cm³/mol. The van der Waals surface area contributed by atoms with E-state index in [-0.39, 0.29) is 0 Å². The molecule has 76 valence electrons. The molecule has 0 bridgehead atoms. The molecule has 1 fully saturated rings. The second kappa shape index (κ2) is 7.36. The van der Waals surface area contributed by atoms with Gasteiger partial charge in [-0.25, -0.2) is 0 Å². The van der Waals surface area contributed by atoms with Gasteiger partial charge in [0.2, 0.25) is 0 Å². The van der Waals surface area contributed by atoms with Crippen molar-refractivity contribution in [1.82, 2.24) is 10.0 Å². The number of piperidine rings is 1. The van der Waals surface area contributed by atoms with Crippen LogP contribution in [0.4, 0.5) is 0 Å². The molecule has 2 nitrogen and oxygen atoms in total. The molecule has 1 atom stereocenters. The first kappa shape index (κ1) is 12.1. The lowest BCUT2D eigenvalue weighted by molar-refractivity contribution is 0.245. The maximum absolute atomic E-state index is 5.92. The largest absolute Gasteiger partial charge is 0.366 e. The van der Waals surface area contributed by atoms with Crippen LogP contribution < -0.4 is 5.23 Å². The first-order valence-corrected chi connectivity index (χ1v) is 5.79. The van der Waals surface area contributed by atoms with E-state index in [1.165, 1.54) is 44.9 Å². The van der Waals surface area contributed by atoms with Gasteiger partial charge in [0.25, 0.3) is 0 Å². The van der Waals surface area contributed by atoms with E-state index in [4.69, 9.17) is 16.0 Å². The number of nitrogens with one attached hydrogen (secondary N) is 1. The second-order valence-electron chi connectivity index (χ2n) is 4.19. The highest BCUT2D eigenvalue weighted by Crippen LogP contribution is 2.19. The van der Waals surface area contributed by atoms with Gasteiger partial charge in [-0.2, -0.15) is 0 Å². The van der Waals surface area contributed by atoms with Crippen molar-refractivity contribution < 1.29 is 0 Å². The van der Waals surface area contributed by atoms with E-state index in [0.29, 0.717) is 6.04 Å². The highest BCUT2D eigenvalue weighted by molar-refractivity contribution is 6.04. The molecule has 0 aliphatic carbocycles. The van der Waals surface area contributed by atoms with Gasteiger partial charge >= 0.3 is 0 Å². The molecule has 14 heavy (non-hydrogen) atoms. The highest BCUT2D eigenvalue weighted by Gasteiger charge is 2.17. The first-order valence-electron chi connectivity index (χ1n) is 5.79. The van der Waals surface area contributed by atoms with E-state index in [9.17, 15) is 0 Å². The van der Waals surface area contributed by atoms with Crippen molar-refractivity contribution in [2.24, 2.45) is 0 Å². The van der Waals surface area contributed by atoms with Gasteiger partial charge in [-0.1, -0.05) is 19.3 Å². The van der Waals surface area contributed by atoms with Crippen LogP contribution in [0.15, 0.2) is 0 Å². The number of rotatable bonds is 6. The summed E-state index contributed by atoms with van der Waals surface area (Å²) in [7, 11) is 11.1. The molecule has 0 saturated carbocycles. The minimum atomic E-state index is 0.634. The molecule has 1 saturated heterocycles. The van der Waals surface area contributed by atoms with Crippen molar-refractivity contribution in [1.29, 1.82) is 0 Å². The van der Waals surface area contributed by atoms with Crippen LogP contribution in [-0.4, -0.2) is 39.9 Å². The molecule has 1 heterocycles. The molecule has 0 amide bonds. The smallest absolute Gasteiger partial charge is 0.182 e. The molecular formula is C10H20B2N2. The van der Waals surface area contributed by atoms with Gasteiger partial charge in [0.15, 0.2) is 16.0 Å². The number of nitrogens with zero attached hydrogens (tertiary/aromatic N) is 1. The summed E-state index contributed by atoms with van der Waals surface area (Å²) >= 11 is 0. The van der Waals surface area contributed by atoms with Crippen LogP contribution in [0.3, 0.4) is 0 Å². The lowest BCUT2D eigenvalue weighted by atomic mass is 9.94. The van der Waals surface area contributed by atoms with Gasteiger partial charge < -0.3 is 10.0 Å². The van der Waals surface area contributed by atoms with Gasteiger partial charge in [0, 0.05) is 0 Å². The van der Waals surface area contributed by atoms with E-state index in [2.05, 4.69) is 5.23 Å². The molecule has 0 aromatic rings. The van der Waals surface area contributed by atoms with Gasteiger partial charge in [-0.05, 0) is 44.8 Å². The van der Waals surface area contributed by atoms with Crippen molar-refractivity contribution in [3.05, 3.63) is 0 Å². The van der Waals surface area contributed by atoms with E-state index < -0.39 is 0 Å². The van der Waals surface area contributed by atoms with Gasteiger partial charge in [0.05, 0.1) is 0 Å². The molecule has 0 spiro atoms. The van der Waals surface area contributed by atoms with E-state index in [1.54, 1.807) is 0 Å². The van der Waals surface area contributed by atoms with E-state index in [1.807, 2.05) is 4.81 Å². The average molecular weight is 190 g/mol. The summed E-state index contributed by atoms with van der Waals surface area (Å²) in [6.07, 6.45) is 8.86. The van der Waals surface area contributed by atoms with Crippen molar-refractivity contribution in [2.75, 3.05) is 13.1 Å². The Morgan fingerprint density at radius 2 is 2.07 bits per heavy atom. The molecule has 1 aliphatic heterocycles. The van der Waals surface area contributed by atoms with Crippen LogP contribution in [0.1, 0.15) is 44.9 Å². The first-order chi connectivity index (χ1) is 6.84. The van der Waals surface area contributed by atoms with Gasteiger partial charge in [0.1, 0.15) is 0 Å². The lowest BCUT2D eigenvalue weighted by Crippen LogP contribution is -2.37. The fraction of sp³-hybridized carbons (Fsp3) is 1.00. The molecule has 0 aromatic carbocycles. The van der Waals surface area contributed by atoms with Crippen molar-refractivity contribution >= 4 is 16.0 Å². The highest BCUT2D eigenvalue weighted by atomic mass is 15.1. The minimum absolute atomic E-state index is 0.634. The Morgan fingerprint density at radius 1 is 1.21 bits per heavy atom. The molecule has 0 aromatic heterocycles. The summed E-state index contributed by atoms with van der Waals surface area (Å²) in [5, 5.41) is 2.68. The Kier molecular flexibility index (Phi) is 6.37. The average Bonchev–Trinajstić information content (AvgIpc) is 2.20. The van der Waals surface area contributed by atoms with E-state index >= 15 is 0 Å². The summed E-state index contributed by atoms with van der Waals surface area (Å²) in [6.45, 7) is 2.01. The topological polar surface area (TPSA) is 15.3 Å². The Bertz CT molecular complexity index is 144. The third kappa shape index (κ3) is 4.52. The van der Waals surface area contributed by atoms with Crippen molar-refractivity contribution in [3.63, 3.8) is 0 Å². The normalized spacial score (nSPS) is 23.9. The second-order valence-corrected chi connectivity index (χ2v) is 4.19. The predicted octanol–water partition coefficient (Wildman–Crippen LogP) is 1.16. The van der Waals surface area contributed by atoms with Crippen LogP contribution in [0.5, 0.6) is 0 Å². The molecule has 1 unspecified atom stereocenters. The molecular weight excluding hydrogens is 170 g/mol. The quantitative estimate of drug-likeness (QED) is 0.499. The monoisotopic (exact) mass is 190 g/mol. The zero-order chi connectivity index (χ0) is 10.2. The fourth-order valence-electron chi connectivity index (χ4n) is 2.12. The summed E-state index contributed by atoms with van der Waals surface area (Å²) in [5.74, 6) is 0. The summed E-state index contributed by atoms with van der Waals surface area (Å²) in [5.41, 5.74) is 0. The van der Waals surface area contributed by atoms with Crippen LogP contribution >= 0.6 is 0 Å². The number of unbranched alkanes of at least 4 members (excludes halogenated alkanes) is 2. The molecule has 4 radical (unpaired) electrons. The molecule has 4 heteroatoms. The van der Waals surface area contributed by atoms with Crippen LogP contribution in [0.2, 0.25) is 0 Å². The summed E-state index contributed by atoms with van der Waals surface area (Å²) in [6, 6.07) is 0.634. The maximum atomic E-state index is 5.92. The summed E-state index contributed by atoms with van der Waals surface area (Å²) < 4.78 is 0. The molecule has 1 N–H and O–H groups in total. The van der Waals surface area contributed by atoms with Gasteiger partial charge in [-0.15, -0.1) is 0 Å². The Hall–Kier alpha value is 0.0499. The fourth-order valence-corrected chi connectivity index (χ4v) is 2.12. The summed E-state index contributed by atoms with van der Waals surface area (Å²) in [4.78, 5) is 2.03. The zero-order valence-corrected chi connectivity index (χ0v) is 9.04. The Balaban J connectivity index is 1.99. The Morgan fingerprint density at radius 3 is 2.79 bits per heavy atom. The van der Waals surface area contributed by atoms with E-state index in [0.717, 1.165) is 13.1 Å². The third-order valence-corrected chi connectivity index (χ3v) is 3.03. The lowest BCUT2D eigenvalue weighted by Gasteiger charge is -2.33. The van der Waals surface area contributed by atoms with Gasteiger partial charge in [-0.3, -0.25) is 0 Å².